The van der Waals surface area contributed by atoms with Gasteiger partial charge in [-0.05, 0) is 83.7 Å². The van der Waals surface area contributed by atoms with Crippen molar-refractivity contribution in [3.05, 3.63) is 70.3 Å². The average molecular weight is 542 g/mol. The summed E-state index contributed by atoms with van der Waals surface area (Å²) in [5, 5.41) is 21.7. The summed E-state index contributed by atoms with van der Waals surface area (Å²) < 4.78 is 38.4. The van der Waals surface area contributed by atoms with E-state index in [1.807, 2.05) is 6.92 Å². The van der Waals surface area contributed by atoms with Crippen molar-refractivity contribution in [2.24, 2.45) is 0 Å². The van der Waals surface area contributed by atoms with Crippen molar-refractivity contribution in [2.75, 3.05) is 4.90 Å². The van der Waals surface area contributed by atoms with Gasteiger partial charge in [0.15, 0.2) is 0 Å². The fourth-order valence-electron chi connectivity index (χ4n) is 5.01. The number of aliphatic hydroxyl groups is 1. The van der Waals surface area contributed by atoms with E-state index in [2.05, 4.69) is 32.9 Å². The van der Waals surface area contributed by atoms with Crippen molar-refractivity contribution in [1.29, 1.82) is 0 Å². The zero-order valence-corrected chi connectivity index (χ0v) is 23.0. The number of aliphatic hydroxyl groups excluding tert-OH is 1. The number of hydrogen-bond donors (Lipinski definition) is 3. The van der Waals surface area contributed by atoms with Crippen LogP contribution in [0.15, 0.2) is 58.5 Å². The number of allylic oxidation sites excluding steroid dienone is 4. The highest BCUT2D eigenvalue weighted by Gasteiger charge is 2.44. The number of carbonyl (C=O) groups is 1. The fraction of sp³-hybridized carbons (Fsp3) is 0.414. The topological polar surface area (TPSA) is 124 Å². The van der Waals surface area contributed by atoms with Gasteiger partial charge in [-0.3, -0.25) is 9.35 Å². The van der Waals surface area contributed by atoms with E-state index in [1.165, 1.54) is 46.4 Å². The lowest BCUT2D eigenvalue weighted by molar-refractivity contribution is -0.0597. The van der Waals surface area contributed by atoms with Crippen molar-refractivity contribution in [3.8, 4) is 11.5 Å². The number of aromatic hydroxyl groups is 1. The van der Waals surface area contributed by atoms with Crippen molar-refractivity contribution < 1.29 is 32.7 Å². The molecule has 0 aliphatic carbocycles. The molecule has 8 nitrogen and oxygen atoms in total. The maximum atomic E-state index is 13.2. The number of ether oxygens (including phenoxy) is 1. The van der Waals surface area contributed by atoms with Gasteiger partial charge in [-0.2, -0.15) is 8.42 Å². The minimum absolute atomic E-state index is 0.105. The smallest absolute Gasteiger partial charge is 0.294 e. The largest absolute Gasteiger partial charge is 0.508 e. The molecule has 2 heterocycles. The molecule has 0 radical (unpaired) electrons. The molecular formula is C29H35NO7S. The number of benzene rings is 2. The first-order valence-corrected chi connectivity index (χ1v) is 14.2. The maximum Gasteiger partial charge on any atom is 0.294 e. The van der Waals surface area contributed by atoms with Crippen LogP contribution in [0.1, 0.15) is 74.9 Å². The van der Waals surface area contributed by atoms with Gasteiger partial charge in [0.2, 0.25) is 0 Å². The highest BCUT2D eigenvalue weighted by Crippen LogP contribution is 2.47. The van der Waals surface area contributed by atoms with Crippen LogP contribution in [0.2, 0.25) is 0 Å². The lowest BCUT2D eigenvalue weighted by Gasteiger charge is -2.40. The number of fused-ring (bicyclic) bond motifs is 3. The molecule has 4 rings (SSSR count). The number of nitrogens with zero attached hydrogens (tertiary/aromatic N) is 1. The molecule has 38 heavy (non-hydrogen) atoms. The highest BCUT2D eigenvalue weighted by atomic mass is 32.2. The Hall–Kier alpha value is -3.14. The number of hydrogen-bond acceptors (Lipinski definition) is 6. The van der Waals surface area contributed by atoms with Gasteiger partial charge in [0.1, 0.15) is 17.1 Å². The molecule has 204 valence electrons. The summed E-state index contributed by atoms with van der Waals surface area (Å²) in [6.45, 7) is 8.28. The Balaban J connectivity index is 1.56. The van der Waals surface area contributed by atoms with E-state index in [0.29, 0.717) is 34.5 Å². The minimum Gasteiger partial charge on any atom is -0.508 e. The van der Waals surface area contributed by atoms with Gasteiger partial charge in [0.25, 0.3) is 16.0 Å². The normalized spacial score (nSPS) is 21.1. The lowest BCUT2D eigenvalue weighted by atomic mass is 9.84. The van der Waals surface area contributed by atoms with E-state index in [-0.39, 0.29) is 29.5 Å². The molecule has 2 aromatic rings. The van der Waals surface area contributed by atoms with Crippen LogP contribution in [0.3, 0.4) is 0 Å². The van der Waals surface area contributed by atoms with Crippen LogP contribution in [-0.4, -0.2) is 40.8 Å². The molecule has 0 fully saturated rings. The molecule has 0 bridgehead atoms. The fourth-order valence-corrected chi connectivity index (χ4v) is 5.49. The molecule has 9 heteroatoms. The van der Waals surface area contributed by atoms with Gasteiger partial charge < -0.3 is 19.8 Å². The van der Waals surface area contributed by atoms with Gasteiger partial charge in [-0.25, -0.2) is 0 Å². The van der Waals surface area contributed by atoms with Crippen LogP contribution in [-0.2, 0) is 23.1 Å². The predicted octanol–water partition coefficient (Wildman–Crippen LogP) is 5.33. The SMILES string of the molecule is CC(C)=CCC/C(C)=C\CC[C@]1(C)Oc2c(c(O)cc3c2CN(c2ccc(S(=O)(=O)O)cc2)C3=O)C[C@@H]1O. The van der Waals surface area contributed by atoms with Crippen LogP contribution in [0.5, 0.6) is 11.5 Å². The number of anilines is 1. The van der Waals surface area contributed by atoms with Crippen LogP contribution < -0.4 is 9.64 Å². The minimum atomic E-state index is -4.35. The summed E-state index contributed by atoms with van der Waals surface area (Å²) in [6.07, 6.45) is 6.99. The number of phenols is 1. The summed E-state index contributed by atoms with van der Waals surface area (Å²) in [4.78, 5) is 14.4. The number of amides is 1. The summed E-state index contributed by atoms with van der Waals surface area (Å²) in [5.74, 6) is -0.0432. The Morgan fingerprint density at radius 3 is 2.45 bits per heavy atom. The molecule has 2 aliphatic rings. The third-order valence-electron chi connectivity index (χ3n) is 7.36. The van der Waals surface area contributed by atoms with E-state index < -0.39 is 21.8 Å². The van der Waals surface area contributed by atoms with Gasteiger partial charge >= 0.3 is 0 Å². The Kier molecular flexibility index (Phi) is 7.74. The molecular weight excluding hydrogens is 506 g/mol. The van der Waals surface area contributed by atoms with Crippen LogP contribution in [0.4, 0.5) is 5.69 Å². The average Bonchev–Trinajstić information content (AvgIpc) is 3.16. The van der Waals surface area contributed by atoms with E-state index in [0.717, 1.165) is 19.3 Å². The van der Waals surface area contributed by atoms with Crippen LogP contribution in [0.25, 0.3) is 0 Å². The first kappa shape index (κ1) is 27.9. The molecule has 0 unspecified atom stereocenters. The first-order valence-electron chi connectivity index (χ1n) is 12.7. The molecule has 0 saturated heterocycles. The molecule has 1 amide bonds. The summed E-state index contributed by atoms with van der Waals surface area (Å²) in [5.41, 5.74) is 3.50. The van der Waals surface area contributed by atoms with Crippen LogP contribution >= 0.6 is 0 Å². The molecule has 2 aromatic carbocycles. The van der Waals surface area contributed by atoms with Gasteiger partial charge in [-0.15, -0.1) is 0 Å². The summed E-state index contributed by atoms with van der Waals surface area (Å²) in [7, 11) is -4.35. The van der Waals surface area contributed by atoms with Crippen molar-refractivity contribution in [1.82, 2.24) is 0 Å². The number of rotatable bonds is 8. The Bertz CT molecular complexity index is 1410. The van der Waals surface area contributed by atoms with E-state index in [1.54, 1.807) is 0 Å². The van der Waals surface area contributed by atoms with Crippen LogP contribution in [0, 0.1) is 0 Å². The Morgan fingerprint density at radius 2 is 1.82 bits per heavy atom. The second-order valence-corrected chi connectivity index (χ2v) is 12.1. The quantitative estimate of drug-likeness (QED) is 0.305. The molecule has 0 aromatic heterocycles. The van der Waals surface area contributed by atoms with E-state index in [9.17, 15) is 28.0 Å². The molecule has 2 atom stereocenters. The molecule has 0 spiro atoms. The van der Waals surface area contributed by atoms with Gasteiger partial charge in [-0.1, -0.05) is 23.3 Å². The van der Waals surface area contributed by atoms with Gasteiger partial charge in [0.05, 0.1) is 23.1 Å². The second kappa shape index (κ2) is 10.6. The van der Waals surface area contributed by atoms with Crippen molar-refractivity contribution in [3.63, 3.8) is 0 Å². The standard InChI is InChI=1S/C29H35NO7S/c1-18(2)7-5-8-19(3)9-6-14-29(4)26(32)16-23-25(31)15-22-24(27(23)37-29)17-30(28(22)33)20-10-12-21(13-11-20)38(34,35)36/h7,9-13,15,26,31-32H,5-6,8,14,16-17H2,1-4H3,(H,34,35,36)/b19-9-/t26-,29-/m0/s1. The number of phenolic OH excluding ortho intramolecular Hbond substituents is 1. The zero-order valence-electron chi connectivity index (χ0n) is 22.2. The van der Waals surface area contributed by atoms with E-state index >= 15 is 0 Å². The number of carbonyl (C=O) groups excluding carboxylic acids is 1. The predicted molar refractivity (Wildman–Crippen MR) is 145 cm³/mol. The van der Waals surface area contributed by atoms with Crippen molar-refractivity contribution >= 4 is 21.7 Å². The van der Waals surface area contributed by atoms with Crippen molar-refractivity contribution in [2.45, 2.75) is 82.9 Å². The molecule has 3 N–H and O–H groups in total. The third kappa shape index (κ3) is 5.65. The maximum absolute atomic E-state index is 13.2. The molecule has 0 saturated carbocycles. The monoisotopic (exact) mass is 541 g/mol. The molecule has 2 aliphatic heterocycles. The van der Waals surface area contributed by atoms with Gasteiger partial charge in [0, 0.05) is 23.2 Å². The first-order chi connectivity index (χ1) is 17.8. The summed E-state index contributed by atoms with van der Waals surface area (Å²) in [6, 6.07) is 6.75. The second-order valence-electron chi connectivity index (χ2n) is 10.6. The zero-order chi connectivity index (χ0) is 27.8. The third-order valence-corrected chi connectivity index (χ3v) is 8.23. The lowest BCUT2D eigenvalue weighted by Crippen LogP contribution is -2.49. The Labute approximate surface area is 224 Å². The summed E-state index contributed by atoms with van der Waals surface area (Å²) >= 11 is 0. The Morgan fingerprint density at radius 1 is 1.13 bits per heavy atom. The van der Waals surface area contributed by atoms with E-state index in [4.69, 9.17) is 4.74 Å². The highest BCUT2D eigenvalue weighted by molar-refractivity contribution is 7.85.